The molecule has 0 radical (unpaired) electrons. The highest BCUT2D eigenvalue weighted by molar-refractivity contribution is 8.29. The molecule has 2 aliphatic heterocycles. The molecule has 4 heavy (non-hydrogen) atoms. The summed E-state index contributed by atoms with van der Waals surface area (Å²) in [6.45, 7) is 1.22. The van der Waals surface area contributed by atoms with Crippen LogP contribution in [0.1, 0.15) is 0 Å². The third-order valence-electron chi connectivity index (χ3n) is 0.666. The topological polar surface area (TPSA) is 0 Å². The van der Waals surface area contributed by atoms with Gasteiger partial charge in [0, 0.05) is 5.90 Å². The minimum Gasteiger partial charge on any atom is -0.0658 e. The van der Waals surface area contributed by atoms with Crippen LogP contribution in [0, 0.1) is 0 Å². The Morgan fingerprint density at radius 3 is 1.75 bits per heavy atom. The molecule has 0 aromatic rings. The van der Waals surface area contributed by atoms with Crippen molar-refractivity contribution in [2.45, 2.75) is 0 Å². The first-order valence-corrected chi connectivity index (χ1v) is 5.04. The number of rotatable bonds is 0. The summed E-state index contributed by atoms with van der Waals surface area (Å²) in [4.78, 5) is 0. The van der Waals surface area contributed by atoms with Crippen molar-refractivity contribution < 1.29 is 0 Å². The Bertz CT molecular complexity index is 174. The zero-order valence-corrected chi connectivity index (χ0v) is 3.89. The molecule has 0 spiro atoms. The van der Waals surface area contributed by atoms with Gasteiger partial charge in [0.05, 0.1) is 0 Å². The number of hydrogen-bond acceptors (Lipinski definition) is 0. The summed E-state index contributed by atoms with van der Waals surface area (Å²) in [5, 5.41) is 3.32. The van der Waals surface area contributed by atoms with Gasteiger partial charge in [-0.25, -0.2) is 0 Å². The van der Waals surface area contributed by atoms with E-state index in [-0.39, 0.29) is 0 Å². The molecule has 0 aromatic heterocycles. The van der Waals surface area contributed by atoms with Crippen molar-refractivity contribution in [2.75, 3.05) is 5.90 Å². The highest BCUT2D eigenvalue weighted by atomic mass is 31.8. The first-order valence-electron chi connectivity index (χ1n) is 1.28. The summed E-state index contributed by atoms with van der Waals surface area (Å²) in [5.74, 6) is 1.60. The minimum atomic E-state index is 0.611. The van der Waals surface area contributed by atoms with Crippen molar-refractivity contribution in [2.24, 2.45) is 0 Å². The highest BCUT2D eigenvalue weighted by Gasteiger charge is 2.10. The predicted octanol–water partition coefficient (Wildman–Crippen LogP) is 1.49. The molecule has 20 valence electrons. The second kappa shape index (κ2) is 0.273. The van der Waals surface area contributed by atoms with Gasteiger partial charge in [-0.1, -0.05) is 5.17 Å². The molecule has 0 fully saturated rings. The van der Waals surface area contributed by atoms with E-state index in [9.17, 15) is 0 Å². The van der Waals surface area contributed by atoms with Gasteiger partial charge in [-0.15, -0.1) is 0 Å². The van der Waals surface area contributed by atoms with E-state index in [1.807, 2.05) is 0 Å². The van der Waals surface area contributed by atoms with Crippen LogP contribution in [0.2, 0.25) is 0 Å². The first-order chi connectivity index (χ1) is 1.97. The van der Waals surface area contributed by atoms with E-state index >= 15 is 0 Å². The highest BCUT2D eigenvalue weighted by Crippen LogP contribution is 2.62. The van der Waals surface area contributed by atoms with Crippen LogP contribution in [0.5, 0.6) is 0 Å². The van der Waals surface area contributed by atoms with E-state index in [2.05, 4.69) is 5.17 Å². The largest absolute Gasteiger partial charge is 0.0658 e. The SMILES string of the molecule is C1=P2=P=1C2. The first kappa shape index (κ1) is 1.73. The lowest BCUT2D eigenvalue weighted by atomic mass is 11.9. The Morgan fingerprint density at radius 2 is 1.75 bits per heavy atom. The molecule has 2 unspecified atom stereocenters. The summed E-state index contributed by atoms with van der Waals surface area (Å²) in [6, 6.07) is 0. The van der Waals surface area contributed by atoms with Gasteiger partial charge >= 0.3 is 0 Å². The summed E-state index contributed by atoms with van der Waals surface area (Å²) >= 11 is 0. The van der Waals surface area contributed by atoms with Gasteiger partial charge in [0.1, 0.15) is 0 Å². The summed E-state index contributed by atoms with van der Waals surface area (Å²) in [7, 11) is 0. The van der Waals surface area contributed by atoms with Crippen LogP contribution >= 0.6 is 13.7 Å². The van der Waals surface area contributed by atoms with Crippen molar-refractivity contribution in [1.29, 1.82) is 0 Å². The minimum absolute atomic E-state index is 0.611. The normalized spacial score (nSPS) is 44.0. The monoisotopic (exact) mass is 88.0 g/mol. The Hall–Kier alpha value is 0.380. The van der Waals surface area contributed by atoms with Crippen molar-refractivity contribution in [3.05, 3.63) is 0 Å². The van der Waals surface area contributed by atoms with Crippen LogP contribution in [0.3, 0.4) is 0 Å². The fourth-order valence-corrected chi connectivity index (χ4v) is 4.05. The summed E-state index contributed by atoms with van der Waals surface area (Å²) in [5.41, 5.74) is 0. The molecule has 0 saturated carbocycles. The van der Waals surface area contributed by atoms with Crippen molar-refractivity contribution >= 4 is 18.8 Å². The van der Waals surface area contributed by atoms with Gasteiger partial charge in [-0.3, -0.25) is 0 Å². The lowest BCUT2D eigenvalue weighted by Crippen LogP contribution is -1.28. The lowest BCUT2D eigenvalue weighted by molar-refractivity contribution is 2.35. The average molecular weight is 88.0 g/mol. The second-order valence-corrected chi connectivity index (χ2v) is 7.47. The van der Waals surface area contributed by atoms with Gasteiger partial charge < -0.3 is 0 Å². The van der Waals surface area contributed by atoms with Crippen LogP contribution in [0.15, 0.2) is 0 Å². The number of hydrogen-bond donors (Lipinski definition) is 0. The van der Waals surface area contributed by atoms with E-state index in [1.165, 1.54) is 0 Å². The standard InChI is InChI=1S/C2H2P2/c1-3-2-4(1)3/h1H2. The van der Waals surface area contributed by atoms with E-state index in [4.69, 9.17) is 0 Å². The van der Waals surface area contributed by atoms with Gasteiger partial charge in [0.25, 0.3) is 0 Å². The second-order valence-electron chi connectivity index (χ2n) is 1.04. The van der Waals surface area contributed by atoms with Gasteiger partial charge in [0.15, 0.2) is 0 Å². The fourth-order valence-electron chi connectivity index (χ4n) is 0.197. The van der Waals surface area contributed by atoms with E-state index in [0.29, 0.717) is 13.7 Å². The molecule has 0 aromatic carbocycles. The molecule has 0 aliphatic carbocycles. The molecule has 2 heteroatoms. The molecule has 0 saturated heterocycles. The van der Waals surface area contributed by atoms with Crippen molar-refractivity contribution in [3.63, 3.8) is 0 Å². The predicted molar refractivity (Wildman–Crippen MR) is 23.7 cm³/mol. The Balaban J connectivity index is 3.58. The zero-order chi connectivity index (χ0) is 2.57. The fraction of sp³-hybridized carbons (Fsp3) is 0.500. The molecule has 2 heterocycles. The van der Waals surface area contributed by atoms with E-state index < -0.39 is 0 Å². The van der Waals surface area contributed by atoms with E-state index in [1.54, 1.807) is 5.90 Å². The molecular formula is C2H2P2. The quantitative estimate of drug-likeness (QED) is 0.393. The zero-order valence-electron chi connectivity index (χ0n) is 2.10. The molecular weight excluding hydrogens is 86.0 g/mol. The average Bonchev–Trinajstić information content (AvgIpc) is 1.36. The molecule has 0 amide bonds. The molecule has 0 N–H and O–H groups in total. The summed E-state index contributed by atoms with van der Waals surface area (Å²) in [6.07, 6.45) is 0. The van der Waals surface area contributed by atoms with Crippen LogP contribution in [0.4, 0.5) is 0 Å². The molecule has 0 nitrogen and oxygen atoms in total. The van der Waals surface area contributed by atoms with Crippen LogP contribution in [-0.4, -0.2) is 11.1 Å². The van der Waals surface area contributed by atoms with E-state index in [0.717, 1.165) is 0 Å². The van der Waals surface area contributed by atoms with Crippen molar-refractivity contribution in [1.82, 2.24) is 0 Å². The molecule has 2 atom stereocenters. The smallest absolute Gasteiger partial charge is 0.0471 e. The Morgan fingerprint density at radius 1 is 1.50 bits per heavy atom. The van der Waals surface area contributed by atoms with Gasteiger partial charge in [-0.05, 0) is 13.7 Å². The van der Waals surface area contributed by atoms with Crippen LogP contribution in [0.25, 0.3) is 0 Å². The van der Waals surface area contributed by atoms with Gasteiger partial charge in [-0.2, -0.15) is 0 Å². The van der Waals surface area contributed by atoms with Gasteiger partial charge in [0.2, 0.25) is 0 Å². The Kier molecular flexibility index (Phi) is 0.118. The molecule has 0 bridgehead atoms. The molecule has 2 aliphatic rings. The summed E-state index contributed by atoms with van der Waals surface area (Å²) < 4.78 is 0. The maximum atomic E-state index is 3.32. The Labute approximate surface area is 25.7 Å². The molecule has 2 rings (SSSR count). The van der Waals surface area contributed by atoms with Crippen LogP contribution < -0.4 is 0 Å². The lowest BCUT2D eigenvalue weighted by Gasteiger charge is -1.42. The third kappa shape index (κ3) is 0.0645. The maximum absolute atomic E-state index is 3.32. The van der Waals surface area contributed by atoms with Crippen molar-refractivity contribution in [3.8, 4) is 0 Å². The third-order valence-corrected chi connectivity index (χ3v) is 5.99. The maximum Gasteiger partial charge on any atom is 0.0471 e. The van der Waals surface area contributed by atoms with Crippen LogP contribution in [-0.2, 0) is 0 Å².